The van der Waals surface area contributed by atoms with Crippen molar-refractivity contribution in [1.29, 1.82) is 0 Å². The quantitative estimate of drug-likeness (QED) is 0.525. The minimum Gasteiger partial charge on any atom is -0.872 e. The summed E-state index contributed by atoms with van der Waals surface area (Å²) in [5, 5.41) is 11.7. The van der Waals surface area contributed by atoms with E-state index < -0.39 is 0 Å². The van der Waals surface area contributed by atoms with Crippen molar-refractivity contribution >= 4 is 5.76 Å². The Hall–Kier alpha value is -0.843. The zero-order valence-electron chi connectivity index (χ0n) is 9.46. The second kappa shape index (κ2) is 4.79. The summed E-state index contributed by atoms with van der Waals surface area (Å²) in [4.78, 5) is 0. The molecule has 0 atom stereocenters. The smallest absolute Gasteiger partial charge is 0.872 e. The molecule has 3 heteroatoms. The first-order valence-electron chi connectivity index (χ1n) is 4.76. The number of benzene rings is 1. The second-order valence-corrected chi connectivity index (χ2v) is 3.63. The average molecular weight is 196 g/mol. The molecule has 2 nitrogen and oxygen atoms in total. The van der Waals surface area contributed by atoms with Gasteiger partial charge in [-0.25, -0.2) is 0 Å². The summed E-state index contributed by atoms with van der Waals surface area (Å²) in [6.45, 7) is 1.91. The van der Waals surface area contributed by atoms with Crippen LogP contribution in [0.15, 0.2) is 23.8 Å². The van der Waals surface area contributed by atoms with Crippen molar-refractivity contribution in [1.82, 2.24) is 0 Å². The number of rotatable bonds is 1. The molecule has 0 fully saturated rings. The van der Waals surface area contributed by atoms with Gasteiger partial charge in [-0.2, -0.15) is 0 Å². The van der Waals surface area contributed by atoms with Gasteiger partial charge in [0.2, 0.25) is 0 Å². The van der Waals surface area contributed by atoms with E-state index in [0.717, 1.165) is 35.3 Å². The Morgan fingerprint density at radius 2 is 2.00 bits per heavy atom. The fourth-order valence-electron chi connectivity index (χ4n) is 1.79. The van der Waals surface area contributed by atoms with Gasteiger partial charge in [-0.1, -0.05) is 11.6 Å². The molecule has 1 aliphatic carbocycles. The van der Waals surface area contributed by atoms with Crippen LogP contribution in [0.25, 0.3) is 5.76 Å². The van der Waals surface area contributed by atoms with E-state index in [0.29, 0.717) is 0 Å². The molecule has 0 amide bonds. The summed E-state index contributed by atoms with van der Waals surface area (Å²) in [5.74, 6) is 1.02. The van der Waals surface area contributed by atoms with Crippen LogP contribution in [0.2, 0.25) is 0 Å². The molecule has 0 saturated heterocycles. The second-order valence-electron chi connectivity index (χ2n) is 3.63. The third kappa shape index (κ3) is 2.22. The third-order valence-electron chi connectivity index (χ3n) is 2.71. The van der Waals surface area contributed by atoms with Gasteiger partial charge in [0.05, 0.1) is 7.11 Å². The number of methoxy groups -OCH3 is 1. The van der Waals surface area contributed by atoms with Crippen LogP contribution in [0.1, 0.15) is 24.5 Å². The van der Waals surface area contributed by atoms with E-state index in [1.807, 2.05) is 25.1 Å². The van der Waals surface area contributed by atoms with Crippen molar-refractivity contribution in [2.45, 2.75) is 19.8 Å². The Morgan fingerprint density at radius 1 is 1.27 bits per heavy atom. The third-order valence-corrected chi connectivity index (χ3v) is 2.71. The molecule has 0 heterocycles. The van der Waals surface area contributed by atoms with Crippen molar-refractivity contribution in [2.75, 3.05) is 7.11 Å². The SMILES string of the molecule is COc1ccc2c(c1)CCC(C)=C2[O-].[Li+]. The molecular formula is C12H13LiO2. The van der Waals surface area contributed by atoms with Gasteiger partial charge in [0, 0.05) is 0 Å². The molecule has 0 saturated carbocycles. The van der Waals surface area contributed by atoms with Crippen LogP contribution in [-0.2, 0) is 6.42 Å². The van der Waals surface area contributed by atoms with Gasteiger partial charge < -0.3 is 9.84 Å². The van der Waals surface area contributed by atoms with Crippen molar-refractivity contribution in [3.8, 4) is 5.75 Å². The molecule has 0 unspecified atom stereocenters. The summed E-state index contributed by atoms with van der Waals surface area (Å²) in [6, 6.07) is 5.66. The van der Waals surface area contributed by atoms with Gasteiger partial charge in [0.15, 0.2) is 0 Å². The number of hydrogen-bond donors (Lipinski definition) is 0. The minimum absolute atomic E-state index is 0. The number of aryl methyl sites for hydroxylation is 1. The fraction of sp³-hybridized carbons (Fsp3) is 0.333. The van der Waals surface area contributed by atoms with Gasteiger partial charge in [-0.05, 0) is 43.0 Å². The first-order valence-corrected chi connectivity index (χ1v) is 4.76. The first-order chi connectivity index (χ1) is 6.72. The van der Waals surface area contributed by atoms with Crippen LogP contribution in [-0.4, -0.2) is 7.11 Å². The van der Waals surface area contributed by atoms with Crippen LogP contribution in [0.4, 0.5) is 0 Å². The first kappa shape index (κ1) is 12.2. The summed E-state index contributed by atoms with van der Waals surface area (Å²) in [6.07, 6.45) is 1.82. The van der Waals surface area contributed by atoms with Crippen LogP contribution >= 0.6 is 0 Å². The van der Waals surface area contributed by atoms with Crippen LogP contribution < -0.4 is 28.7 Å². The molecule has 0 aliphatic heterocycles. The molecule has 1 aliphatic rings. The van der Waals surface area contributed by atoms with E-state index in [-0.39, 0.29) is 24.6 Å². The molecule has 15 heavy (non-hydrogen) atoms. The maximum atomic E-state index is 11.7. The predicted octanol–water partition coefficient (Wildman–Crippen LogP) is -1.26. The summed E-state index contributed by atoms with van der Waals surface area (Å²) >= 11 is 0. The molecule has 2 rings (SSSR count). The van der Waals surface area contributed by atoms with E-state index >= 15 is 0 Å². The monoisotopic (exact) mass is 196 g/mol. The molecule has 0 aromatic heterocycles. The molecule has 0 N–H and O–H groups in total. The zero-order chi connectivity index (χ0) is 10.1. The van der Waals surface area contributed by atoms with Crippen LogP contribution in [0.3, 0.4) is 0 Å². The van der Waals surface area contributed by atoms with Crippen molar-refractivity contribution in [3.05, 3.63) is 34.9 Å². The van der Waals surface area contributed by atoms with Gasteiger partial charge >= 0.3 is 18.9 Å². The number of hydrogen-bond acceptors (Lipinski definition) is 2. The Labute approximate surface area is 102 Å². The molecule has 74 valence electrons. The largest absolute Gasteiger partial charge is 1.00 e. The van der Waals surface area contributed by atoms with Crippen molar-refractivity contribution < 1.29 is 28.7 Å². The van der Waals surface area contributed by atoms with Gasteiger partial charge in [-0.15, -0.1) is 5.76 Å². The van der Waals surface area contributed by atoms with E-state index in [4.69, 9.17) is 4.74 Å². The summed E-state index contributed by atoms with van der Waals surface area (Å²) in [5.41, 5.74) is 2.91. The van der Waals surface area contributed by atoms with E-state index in [9.17, 15) is 5.11 Å². The molecular weight excluding hydrogens is 183 g/mol. The Morgan fingerprint density at radius 3 is 2.67 bits per heavy atom. The van der Waals surface area contributed by atoms with Crippen LogP contribution in [0.5, 0.6) is 5.75 Å². The molecule has 1 aromatic rings. The normalized spacial score (nSPS) is 14.3. The van der Waals surface area contributed by atoms with Crippen molar-refractivity contribution in [2.24, 2.45) is 0 Å². The van der Waals surface area contributed by atoms with Crippen molar-refractivity contribution in [3.63, 3.8) is 0 Å². The van der Waals surface area contributed by atoms with Crippen LogP contribution in [0, 0.1) is 0 Å². The Kier molecular flexibility index (Phi) is 3.90. The summed E-state index contributed by atoms with van der Waals surface area (Å²) < 4.78 is 5.12. The Balaban J connectivity index is 0.00000112. The maximum absolute atomic E-state index is 11.7. The van der Waals surface area contributed by atoms with Gasteiger partial charge in [0.1, 0.15) is 5.75 Å². The zero-order valence-corrected chi connectivity index (χ0v) is 9.46. The van der Waals surface area contributed by atoms with E-state index in [1.165, 1.54) is 0 Å². The summed E-state index contributed by atoms with van der Waals surface area (Å²) in [7, 11) is 1.64. The molecule has 0 radical (unpaired) electrons. The standard InChI is InChI=1S/C12H14O2.Li/c1-8-3-4-9-7-10(14-2)5-6-11(9)12(8)13;/h5-7,13H,3-4H2,1-2H3;/q;+1/p-1. The molecule has 1 aromatic carbocycles. The van der Waals surface area contributed by atoms with Gasteiger partial charge in [0.25, 0.3) is 0 Å². The number of ether oxygens (including phenoxy) is 1. The van der Waals surface area contributed by atoms with E-state index in [1.54, 1.807) is 7.11 Å². The fourth-order valence-corrected chi connectivity index (χ4v) is 1.79. The minimum atomic E-state index is 0. The molecule has 0 spiro atoms. The predicted molar refractivity (Wildman–Crippen MR) is 53.9 cm³/mol. The average Bonchev–Trinajstić information content (AvgIpc) is 2.23. The van der Waals surface area contributed by atoms with E-state index in [2.05, 4.69) is 0 Å². The maximum Gasteiger partial charge on any atom is 1.00 e. The van der Waals surface area contributed by atoms with Gasteiger partial charge in [-0.3, -0.25) is 0 Å². The topological polar surface area (TPSA) is 32.3 Å². The number of fused-ring (bicyclic) bond motifs is 1. The number of allylic oxidation sites excluding steroid dienone is 1. The Bertz CT molecular complexity index is 397. The molecule has 0 bridgehead atoms.